The molecule has 21 heavy (non-hydrogen) atoms. The van der Waals surface area contributed by atoms with Gasteiger partial charge in [0.15, 0.2) is 5.96 Å². The number of rotatable bonds is 9. The summed E-state index contributed by atoms with van der Waals surface area (Å²) < 4.78 is 0. The molecule has 1 rings (SSSR count). The third-order valence-electron chi connectivity index (χ3n) is 4.00. The lowest BCUT2D eigenvalue weighted by molar-refractivity contribution is 0.249. The van der Waals surface area contributed by atoms with Crippen LogP contribution in [0.15, 0.2) is 4.99 Å². The van der Waals surface area contributed by atoms with Crippen molar-refractivity contribution in [1.29, 1.82) is 0 Å². The molecule has 0 unspecified atom stereocenters. The van der Waals surface area contributed by atoms with Crippen molar-refractivity contribution in [3.8, 4) is 0 Å². The van der Waals surface area contributed by atoms with Gasteiger partial charge in [0.05, 0.1) is 0 Å². The molecule has 2 N–H and O–H groups in total. The summed E-state index contributed by atoms with van der Waals surface area (Å²) in [5.74, 6) is 2.19. The fourth-order valence-electron chi connectivity index (χ4n) is 2.68. The fourth-order valence-corrected chi connectivity index (χ4v) is 3.17. The van der Waals surface area contributed by atoms with Gasteiger partial charge >= 0.3 is 0 Å². The van der Waals surface area contributed by atoms with Gasteiger partial charge in [0.2, 0.25) is 0 Å². The van der Waals surface area contributed by atoms with Gasteiger partial charge in [-0.25, -0.2) is 0 Å². The van der Waals surface area contributed by atoms with Crippen molar-refractivity contribution in [3.05, 3.63) is 0 Å². The van der Waals surface area contributed by atoms with Crippen LogP contribution in [-0.4, -0.2) is 62.6 Å². The Balaban J connectivity index is 0.00000400. The zero-order valence-corrected chi connectivity index (χ0v) is 17.0. The van der Waals surface area contributed by atoms with Gasteiger partial charge in [0.25, 0.3) is 0 Å². The summed E-state index contributed by atoms with van der Waals surface area (Å²) in [6.45, 7) is 3.08. The molecule has 1 aliphatic rings. The van der Waals surface area contributed by atoms with Crippen LogP contribution in [0.3, 0.4) is 0 Å². The number of likely N-dealkylation sites (N-methyl/N-ethyl adjacent to an activating group) is 1. The minimum atomic E-state index is 0. The largest absolute Gasteiger partial charge is 0.356 e. The second-order valence-corrected chi connectivity index (χ2v) is 6.53. The Hall–Kier alpha value is 0.310. The van der Waals surface area contributed by atoms with E-state index in [1.807, 2.05) is 18.8 Å². The second kappa shape index (κ2) is 13.9. The zero-order valence-electron chi connectivity index (χ0n) is 13.9. The van der Waals surface area contributed by atoms with E-state index in [9.17, 15) is 0 Å². The van der Waals surface area contributed by atoms with Crippen LogP contribution in [0.4, 0.5) is 0 Å². The first-order valence-corrected chi connectivity index (χ1v) is 9.31. The lowest BCUT2D eigenvalue weighted by Gasteiger charge is -2.24. The smallest absolute Gasteiger partial charge is 0.191 e. The van der Waals surface area contributed by atoms with E-state index in [2.05, 4.69) is 33.8 Å². The molecular formula is C15H33IN4S. The number of hydrogen-bond donors (Lipinski definition) is 2. The van der Waals surface area contributed by atoms with E-state index >= 15 is 0 Å². The van der Waals surface area contributed by atoms with Crippen molar-refractivity contribution < 1.29 is 0 Å². The monoisotopic (exact) mass is 428 g/mol. The Kier molecular flexibility index (Phi) is 14.1. The second-order valence-electron chi connectivity index (χ2n) is 5.54. The molecule has 4 nitrogen and oxygen atoms in total. The molecule has 0 bridgehead atoms. The van der Waals surface area contributed by atoms with Crippen molar-refractivity contribution in [3.63, 3.8) is 0 Å². The molecule has 0 aromatic rings. The molecule has 0 aliphatic heterocycles. The van der Waals surface area contributed by atoms with Crippen LogP contribution in [0, 0.1) is 0 Å². The summed E-state index contributed by atoms with van der Waals surface area (Å²) in [6, 6.07) is 0.804. The van der Waals surface area contributed by atoms with E-state index in [0.717, 1.165) is 31.6 Å². The van der Waals surface area contributed by atoms with Crippen molar-refractivity contribution in [1.82, 2.24) is 15.5 Å². The molecule has 0 spiro atoms. The predicted molar refractivity (Wildman–Crippen MR) is 107 cm³/mol. The lowest BCUT2D eigenvalue weighted by Crippen LogP contribution is -2.42. The first-order valence-electron chi connectivity index (χ1n) is 7.91. The van der Waals surface area contributed by atoms with Gasteiger partial charge in [-0.3, -0.25) is 4.99 Å². The van der Waals surface area contributed by atoms with Gasteiger partial charge in [0, 0.05) is 32.7 Å². The van der Waals surface area contributed by atoms with Crippen LogP contribution in [0.2, 0.25) is 0 Å². The molecule has 0 radical (unpaired) electrons. The van der Waals surface area contributed by atoms with Crippen molar-refractivity contribution in [2.75, 3.05) is 45.7 Å². The first-order chi connectivity index (χ1) is 9.77. The molecule has 1 fully saturated rings. The van der Waals surface area contributed by atoms with Gasteiger partial charge in [-0.1, -0.05) is 12.8 Å². The molecular weight excluding hydrogens is 395 g/mol. The van der Waals surface area contributed by atoms with Gasteiger partial charge in [-0.2, -0.15) is 11.8 Å². The highest BCUT2D eigenvalue weighted by atomic mass is 127. The third kappa shape index (κ3) is 9.84. The topological polar surface area (TPSA) is 39.7 Å². The van der Waals surface area contributed by atoms with Crippen LogP contribution < -0.4 is 10.6 Å². The van der Waals surface area contributed by atoms with Crippen LogP contribution in [0.1, 0.15) is 38.5 Å². The van der Waals surface area contributed by atoms with Crippen molar-refractivity contribution in [2.24, 2.45) is 4.99 Å². The number of halogens is 1. The highest BCUT2D eigenvalue weighted by molar-refractivity contribution is 14.0. The third-order valence-corrected chi connectivity index (χ3v) is 4.69. The minimum Gasteiger partial charge on any atom is -0.356 e. The zero-order chi connectivity index (χ0) is 14.6. The summed E-state index contributed by atoms with van der Waals surface area (Å²) in [6.07, 6.45) is 10.2. The predicted octanol–water partition coefficient (Wildman–Crippen LogP) is 2.79. The molecule has 1 saturated carbocycles. The minimum absolute atomic E-state index is 0. The van der Waals surface area contributed by atoms with Gasteiger partial charge in [-0.15, -0.1) is 24.0 Å². The quantitative estimate of drug-likeness (QED) is 0.257. The molecule has 0 aromatic heterocycles. The Morgan fingerprint density at radius 2 is 1.86 bits per heavy atom. The molecule has 126 valence electrons. The van der Waals surface area contributed by atoms with Gasteiger partial charge < -0.3 is 15.5 Å². The van der Waals surface area contributed by atoms with Gasteiger partial charge in [-0.05, 0) is 44.7 Å². The Bertz CT molecular complexity index is 270. The Morgan fingerprint density at radius 1 is 1.19 bits per heavy atom. The van der Waals surface area contributed by atoms with Crippen LogP contribution >= 0.6 is 35.7 Å². The van der Waals surface area contributed by atoms with E-state index in [4.69, 9.17) is 0 Å². The molecule has 0 atom stereocenters. The van der Waals surface area contributed by atoms with E-state index < -0.39 is 0 Å². The Labute approximate surface area is 152 Å². The number of hydrogen-bond acceptors (Lipinski definition) is 3. The number of unbranched alkanes of at least 4 members (excludes halogenated alkanes) is 1. The SMILES string of the molecule is CN=C(NCCCCSC)NCCN(C)C1CCCC1.I. The van der Waals surface area contributed by atoms with Crippen LogP contribution in [0.5, 0.6) is 0 Å². The summed E-state index contributed by atoms with van der Waals surface area (Å²) in [7, 11) is 4.09. The molecule has 0 aromatic carbocycles. The van der Waals surface area contributed by atoms with E-state index in [1.54, 1.807) is 0 Å². The van der Waals surface area contributed by atoms with Crippen molar-refractivity contribution >= 4 is 41.7 Å². The summed E-state index contributed by atoms with van der Waals surface area (Å²) in [5.41, 5.74) is 0. The molecule has 0 heterocycles. The van der Waals surface area contributed by atoms with Crippen LogP contribution in [0.25, 0.3) is 0 Å². The first kappa shape index (κ1) is 21.3. The Morgan fingerprint density at radius 3 is 2.48 bits per heavy atom. The molecule has 6 heteroatoms. The maximum absolute atomic E-state index is 4.27. The molecule has 0 saturated heterocycles. The van der Waals surface area contributed by atoms with E-state index in [-0.39, 0.29) is 24.0 Å². The van der Waals surface area contributed by atoms with E-state index in [0.29, 0.717) is 0 Å². The number of nitrogens with zero attached hydrogens (tertiary/aromatic N) is 2. The molecule has 1 aliphatic carbocycles. The summed E-state index contributed by atoms with van der Waals surface area (Å²) in [5, 5.41) is 6.79. The lowest BCUT2D eigenvalue weighted by atomic mass is 10.2. The van der Waals surface area contributed by atoms with E-state index in [1.165, 1.54) is 44.3 Å². The number of aliphatic imine (C=N–C) groups is 1. The number of nitrogens with one attached hydrogen (secondary N) is 2. The van der Waals surface area contributed by atoms with Crippen LogP contribution in [-0.2, 0) is 0 Å². The van der Waals surface area contributed by atoms with Crippen molar-refractivity contribution in [2.45, 2.75) is 44.6 Å². The maximum Gasteiger partial charge on any atom is 0.191 e. The highest BCUT2D eigenvalue weighted by Gasteiger charge is 2.18. The number of guanidine groups is 1. The summed E-state index contributed by atoms with van der Waals surface area (Å²) in [4.78, 5) is 6.76. The standard InChI is InChI=1S/C15H32N4S.HI/c1-16-15(17-10-6-7-13-20-3)18-11-12-19(2)14-8-4-5-9-14;/h14H,4-13H2,1-3H3,(H2,16,17,18);1H. The average molecular weight is 428 g/mol. The highest BCUT2D eigenvalue weighted by Crippen LogP contribution is 2.21. The molecule has 0 amide bonds. The maximum atomic E-state index is 4.27. The normalized spacial score (nSPS) is 16.1. The average Bonchev–Trinajstić information content (AvgIpc) is 2.99. The number of thioether (sulfide) groups is 1. The fraction of sp³-hybridized carbons (Fsp3) is 0.933. The van der Waals surface area contributed by atoms with Gasteiger partial charge in [0.1, 0.15) is 0 Å². The summed E-state index contributed by atoms with van der Waals surface area (Å²) >= 11 is 1.92.